The van der Waals surface area contributed by atoms with Crippen molar-refractivity contribution in [1.29, 1.82) is 0 Å². The zero-order valence-electron chi connectivity index (χ0n) is 12.9. The lowest BCUT2D eigenvalue weighted by molar-refractivity contribution is -0.155. The van der Waals surface area contributed by atoms with Gasteiger partial charge in [0, 0.05) is 18.2 Å². The molecule has 5 heteroatoms. The molecule has 21 heavy (non-hydrogen) atoms. The molecule has 0 aromatic heterocycles. The van der Waals surface area contributed by atoms with Crippen molar-refractivity contribution in [2.75, 3.05) is 5.32 Å². The lowest BCUT2D eigenvalue weighted by Crippen LogP contribution is -2.33. The predicted octanol–water partition coefficient (Wildman–Crippen LogP) is 3.93. The van der Waals surface area contributed by atoms with Crippen LogP contribution in [0.25, 0.3) is 0 Å². The van der Waals surface area contributed by atoms with E-state index in [1.807, 2.05) is 26.0 Å². The molecule has 1 aliphatic rings. The van der Waals surface area contributed by atoms with Crippen LogP contribution in [0.5, 0.6) is 0 Å². The number of nitrogens with one attached hydrogen (secondary N) is 1. The third-order valence-corrected chi connectivity index (χ3v) is 3.86. The SMILES string of the molecule is CCCC(c1cccc2c1CCC(=O)N2)N(O)C(C)C.Cl. The molecule has 1 amide bonds. The number of carbonyl (C=O) groups excluding carboxylic acids is 1. The van der Waals surface area contributed by atoms with E-state index in [4.69, 9.17) is 0 Å². The molecule has 1 atom stereocenters. The fraction of sp³-hybridized carbons (Fsp3) is 0.562. The second kappa shape index (κ2) is 7.78. The van der Waals surface area contributed by atoms with Crippen LogP contribution in [0.1, 0.15) is 57.2 Å². The van der Waals surface area contributed by atoms with Gasteiger partial charge in [-0.25, -0.2) is 0 Å². The maximum absolute atomic E-state index is 11.5. The summed E-state index contributed by atoms with van der Waals surface area (Å²) >= 11 is 0. The van der Waals surface area contributed by atoms with Gasteiger partial charge >= 0.3 is 0 Å². The molecule has 1 heterocycles. The number of halogens is 1. The summed E-state index contributed by atoms with van der Waals surface area (Å²) in [6, 6.07) is 6.03. The van der Waals surface area contributed by atoms with Crippen LogP contribution in [-0.2, 0) is 11.2 Å². The van der Waals surface area contributed by atoms with Crippen molar-refractivity contribution in [1.82, 2.24) is 5.06 Å². The third-order valence-electron chi connectivity index (χ3n) is 3.86. The van der Waals surface area contributed by atoms with Gasteiger partial charge in [-0.1, -0.05) is 25.5 Å². The summed E-state index contributed by atoms with van der Waals surface area (Å²) in [5, 5.41) is 14.7. The molecule has 0 bridgehead atoms. The Balaban J connectivity index is 0.00000220. The molecule has 1 aliphatic heterocycles. The van der Waals surface area contributed by atoms with E-state index in [-0.39, 0.29) is 30.4 Å². The molecule has 2 N–H and O–H groups in total. The molecule has 2 rings (SSSR count). The average Bonchev–Trinajstić information content (AvgIpc) is 2.43. The lowest BCUT2D eigenvalue weighted by Gasteiger charge is -2.32. The average molecular weight is 313 g/mol. The highest BCUT2D eigenvalue weighted by Crippen LogP contribution is 2.34. The standard InChI is InChI=1S/C16H24N2O2.ClH/c1-4-6-15(18(20)11(2)3)13-7-5-8-14-12(13)9-10-16(19)17-14;/h5,7-8,11,15,20H,4,6,9-10H2,1-3H3,(H,17,19);1H. The lowest BCUT2D eigenvalue weighted by atomic mass is 9.90. The van der Waals surface area contributed by atoms with E-state index >= 15 is 0 Å². The van der Waals surface area contributed by atoms with Crippen LogP contribution in [0.4, 0.5) is 5.69 Å². The summed E-state index contributed by atoms with van der Waals surface area (Å²) in [5.41, 5.74) is 3.21. The Hall–Kier alpha value is -1.10. The largest absolute Gasteiger partial charge is 0.326 e. The predicted molar refractivity (Wildman–Crippen MR) is 87.1 cm³/mol. The van der Waals surface area contributed by atoms with Crippen LogP contribution in [-0.4, -0.2) is 22.2 Å². The number of hydroxylamine groups is 2. The van der Waals surface area contributed by atoms with Gasteiger partial charge in [-0.3, -0.25) is 4.79 Å². The van der Waals surface area contributed by atoms with Gasteiger partial charge in [0.1, 0.15) is 0 Å². The minimum Gasteiger partial charge on any atom is -0.326 e. The maximum Gasteiger partial charge on any atom is 0.224 e. The highest BCUT2D eigenvalue weighted by atomic mass is 35.5. The molecule has 4 nitrogen and oxygen atoms in total. The van der Waals surface area contributed by atoms with Crippen LogP contribution < -0.4 is 5.32 Å². The van der Waals surface area contributed by atoms with Gasteiger partial charge in [0.25, 0.3) is 0 Å². The molecule has 118 valence electrons. The summed E-state index contributed by atoms with van der Waals surface area (Å²) in [6.45, 7) is 6.10. The highest BCUT2D eigenvalue weighted by Gasteiger charge is 2.26. The Morgan fingerprint density at radius 2 is 2.05 bits per heavy atom. The van der Waals surface area contributed by atoms with Gasteiger partial charge < -0.3 is 10.5 Å². The van der Waals surface area contributed by atoms with E-state index in [0.717, 1.165) is 30.5 Å². The van der Waals surface area contributed by atoms with Gasteiger partial charge in [-0.2, -0.15) is 5.06 Å². The second-order valence-electron chi connectivity index (χ2n) is 5.70. The van der Waals surface area contributed by atoms with Crippen molar-refractivity contribution >= 4 is 24.0 Å². The molecule has 0 saturated heterocycles. The summed E-state index contributed by atoms with van der Waals surface area (Å²) in [7, 11) is 0. The number of carbonyl (C=O) groups is 1. The first-order valence-corrected chi connectivity index (χ1v) is 7.43. The molecule has 0 aliphatic carbocycles. The van der Waals surface area contributed by atoms with Gasteiger partial charge in [0.05, 0.1) is 6.04 Å². The molecule has 1 aromatic rings. The normalized spacial score (nSPS) is 15.4. The molecule has 1 aromatic carbocycles. The minimum atomic E-state index is -0.00930. The monoisotopic (exact) mass is 312 g/mol. The number of nitrogens with zero attached hydrogens (tertiary/aromatic N) is 1. The van der Waals surface area contributed by atoms with Crippen molar-refractivity contribution < 1.29 is 10.0 Å². The Kier molecular flexibility index (Phi) is 6.65. The van der Waals surface area contributed by atoms with Gasteiger partial charge in [0.15, 0.2) is 0 Å². The summed E-state index contributed by atoms with van der Waals surface area (Å²) < 4.78 is 0. The van der Waals surface area contributed by atoms with Crippen molar-refractivity contribution in [2.45, 2.75) is 58.5 Å². The zero-order chi connectivity index (χ0) is 14.7. The molecule has 0 spiro atoms. The van der Waals surface area contributed by atoms with Crippen molar-refractivity contribution in [3.8, 4) is 0 Å². The molecular formula is C16H25ClN2O2. The smallest absolute Gasteiger partial charge is 0.224 e. The van der Waals surface area contributed by atoms with Crippen LogP contribution in [0.2, 0.25) is 0 Å². The molecular weight excluding hydrogens is 288 g/mol. The van der Waals surface area contributed by atoms with E-state index < -0.39 is 0 Å². The van der Waals surface area contributed by atoms with E-state index in [2.05, 4.69) is 18.3 Å². The number of fused-ring (bicyclic) bond motifs is 1. The minimum absolute atomic E-state index is 0. The Labute approximate surface area is 132 Å². The van der Waals surface area contributed by atoms with Gasteiger partial charge in [0.2, 0.25) is 5.91 Å². The summed E-state index contributed by atoms with van der Waals surface area (Å²) in [6.07, 6.45) is 3.18. The number of rotatable bonds is 5. The zero-order valence-corrected chi connectivity index (χ0v) is 13.7. The molecule has 1 unspecified atom stereocenters. The van der Waals surface area contributed by atoms with Crippen LogP contribution in [0.3, 0.4) is 0 Å². The van der Waals surface area contributed by atoms with Crippen LogP contribution in [0, 0.1) is 0 Å². The quantitative estimate of drug-likeness (QED) is 0.810. The highest BCUT2D eigenvalue weighted by molar-refractivity contribution is 5.94. The Bertz CT molecular complexity index is 491. The summed E-state index contributed by atoms with van der Waals surface area (Å²) in [4.78, 5) is 11.5. The second-order valence-corrected chi connectivity index (χ2v) is 5.70. The van der Waals surface area contributed by atoms with E-state index in [9.17, 15) is 10.0 Å². The number of amides is 1. The van der Waals surface area contributed by atoms with Gasteiger partial charge in [-0.05, 0) is 43.9 Å². The van der Waals surface area contributed by atoms with E-state index in [0.29, 0.717) is 6.42 Å². The first-order chi connectivity index (χ1) is 9.54. The van der Waals surface area contributed by atoms with Gasteiger partial charge in [-0.15, -0.1) is 12.4 Å². The summed E-state index contributed by atoms with van der Waals surface area (Å²) in [5.74, 6) is 0.0754. The Morgan fingerprint density at radius 3 is 2.67 bits per heavy atom. The van der Waals surface area contributed by atoms with Crippen LogP contribution in [0.15, 0.2) is 18.2 Å². The third kappa shape index (κ3) is 3.96. The molecule has 0 radical (unpaired) electrons. The maximum atomic E-state index is 11.5. The first-order valence-electron chi connectivity index (χ1n) is 7.43. The van der Waals surface area contributed by atoms with E-state index in [1.54, 1.807) is 0 Å². The number of benzene rings is 1. The number of hydrogen-bond donors (Lipinski definition) is 2. The molecule has 0 fully saturated rings. The number of anilines is 1. The Morgan fingerprint density at radius 1 is 1.33 bits per heavy atom. The van der Waals surface area contributed by atoms with Crippen molar-refractivity contribution in [2.24, 2.45) is 0 Å². The fourth-order valence-corrected chi connectivity index (χ4v) is 2.83. The molecule has 0 saturated carbocycles. The van der Waals surface area contributed by atoms with Crippen molar-refractivity contribution in [3.05, 3.63) is 29.3 Å². The van der Waals surface area contributed by atoms with Crippen molar-refractivity contribution in [3.63, 3.8) is 0 Å². The van der Waals surface area contributed by atoms with Crippen LogP contribution >= 0.6 is 12.4 Å². The number of hydrogen-bond acceptors (Lipinski definition) is 3. The first kappa shape index (κ1) is 18.0. The van der Waals surface area contributed by atoms with E-state index in [1.165, 1.54) is 10.6 Å². The topological polar surface area (TPSA) is 52.6 Å². The fourth-order valence-electron chi connectivity index (χ4n) is 2.83.